The van der Waals surface area contributed by atoms with Gasteiger partial charge in [0, 0.05) is 18.8 Å². The molecule has 28 heavy (non-hydrogen) atoms. The highest BCUT2D eigenvalue weighted by Gasteiger charge is 2.67. The Morgan fingerprint density at radius 2 is 1.86 bits per heavy atom. The van der Waals surface area contributed by atoms with Crippen LogP contribution in [-0.2, 0) is 14.3 Å². The summed E-state index contributed by atoms with van der Waals surface area (Å²) in [4.78, 5) is 23.9. The molecule has 0 radical (unpaired) electrons. The Morgan fingerprint density at radius 1 is 1.14 bits per heavy atom. The first-order chi connectivity index (χ1) is 13.0. The molecule has 0 heterocycles. The largest absolute Gasteiger partial charge is 0.462 e. The maximum atomic E-state index is 12.5. The molecular formula is C24H36O4. The van der Waals surface area contributed by atoms with E-state index in [2.05, 4.69) is 26.8 Å². The molecule has 0 aromatic heterocycles. The van der Waals surface area contributed by atoms with Gasteiger partial charge in [-0.2, -0.15) is 0 Å². The number of hydrogen-bond acceptors (Lipinski definition) is 4. The molecule has 4 heteroatoms. The molecular weight excluding hydrogens is 352 g/mol. The highest BCUT2D eigenvalue weighted by atomic mass is 16.5. The number of allylic oxidation sites excluding steroid dienone is 1. The van der Waals surface area contributed by atoms with Gasteiger partial charge in [-0.25, -0.2) is 0 Å². The van der Waals surface area contributed by atoms with E-state index in [1.807, 2.05) is 0 Å². The van der Waals surface area contributed by atoms with Gasteiger partial charge in [-0.3, -0.25) is 9.59 Å². The Kier molecular flexibility index (Phi) is 4.61. The van der Waals surface area contributed by atoms with Crippen molar-refractivity contribution in [1.29, 1.82) is 0 Å². The first-order valence-corrected chi connectivity index (χ1v) is 11.1. The predicted molar refractivity (Wildman–Crippen MR) is 107 cm³/mol. The van der Waals surface area contributed by atoms with Crippen LogP contribution in [0.5, 0.6) is 0 Å². The molecule has 1 N–H and O–H groups in total. The minimum Gasteiger partial charge on any atom is -0.462 e. The third kappa shape index (κ3) is 2.52. The third-order valence-electron chi connectivity index (χ3n) is 9.51. The predicted octanol–water partition coefficient (Wildman–Crippen LogP) is 4.45. The highest BCUT2D eigenvalue weighted by molar-refractivity contribution is 5.86. The Bertz CT molecular complexity index is 726. The first-order valence-electron chi connectivity index (χ1n) is 11.1. The number of ketones is 1. The highest BCUT2D eigenvalue weighted by Crippen LogP contribution is 2.68. The lowest BCUT2D eigenvalue weighted by molar-refractivity contribution is -0.165. The molecule has 0 spiro atoms. The van der Waals surface area contributed by atoms with E-state index in [9.17, 15) is 14.7 Å². The second-order valence-electron chi connectivity index (χ2n) is 10.6. The van der Waals surface area contributed by atoms with Crippen LogP contribution >= 0.6 is 0 Å². The molecule has 156 valence electrons. The molecule has 4 aliphatic carbocycles. The smallest absolute Gasteiger partial charge is 0.302 e. The standard InChI is InChI=1S/C24H36O4/c1-14-12-21-19-7-6-17-13-18(28-16(3)26)8-10-22(17,4)20(19)9-11-23(21,5)24(14,27)15(2)25/h6,14,18-21,27H,7-13H2,1-5H3/t14-,18-,19-,20+,21+,22+,23+,24+/m1/s1. The summed E-state index contributed by atoms with van der Waals surface area (Å²) < 4.78 is 5.52. The minimum absolute atomic E-state index is 0.0246. The summed E-state index contributed by atoms with van der Waals surface area (Å²) in [6.07, 6.45) is 9.29. The molecule has 4 nitrogen and oxygen atoms in total. The van der Waals surface area contributed by atoms with Crippen LogP contribution in [0.1, 0.15) is 79.6 Å². The van der Waals surface area contributed by atoms with Gasteiger partial charge in [0.2, 0.25) is 0 Å². The average molecular weight is 389 g/mol. The van der Waals surface area contributed by atoms with Gasteiger partial charge >= 0.3 is 5.97 Å². The summed E-state index contributed by atoms with van der Waals surface area (Å²) in [5.41, 5.74) is 0.153. The van der Waals surface area contributed by atoms with E-state index >= 15 is 0 Å². The zero-order valence-corrected chi connectivity index (χ0v) is 18.1. The molecule has 3 saturated carbocycles. The molecule has 0 bridgehead atoms. The van der Waals surface area contributed by atoms with E-state index in [0.29, 0.717) is 17.8 Å². The molecule has 4 rings (SSSR count). The Hall–Kier alpha value is -1.16. The number of aliphatic hydroxyl groups is 1. The lowest BCUT2D eigenvalue weighted by Crippen LogP contribution is -2.58. The molecule has 8 atom stereocenters. The molecule has 3 fully saturated rings. The fourth-order valence-electron chi connectivity index (χ4n) is 8.05. The Morgan fingerprint density at radius 3 is 2.50 bits per heavy atom. The summed E-state index contributed by atoms with van der Waals surface area (Å²) in [6, 6.07) is 0. The van der Waals surface area contributed by atoms with Crippen LogP contribution in [0.15, 0.2) is 11.6 Å². The van der Waals surface area contributed by atoms with Crippen molar-refractivity contribution in [3.8, 4) is 0 Å². The van der Waals surface area contributed by atoms with E-state index in [-0.39, 0.29) is 34.6 Å². The number of hydrogen-bond donors (Lipinski definition) is 1. The lowest BCUT2D eigenvalue weighted by atomic mass is 9.46. The molecule has 0 unspecified atom stereocenters. The van der Waals surface area contributed by atoms with Gasteiger partial charge in [-0.05, 0) is 74.5 Å². The van der Waals surface area contributed by atoms with Gasteiger partial charge in [-0.1, -0.05) is 32.4 Å². The van der Waals surface area contributed by atoms with E-state index in [0.717, 1.165) is 44.9 Å². The number of rotatable bonds is 2. The van der Waals surface area contributed by atoms with Crippen LogP contribution in [0, 0.1) is 34.5 Å². The van der Waals surface area contributed by atoms with Gasteiger partial charge in [-0.15, -0.1) is 0 Å². The van der Waals surface area contributed by atoms with Crippen LogP contribution in [0.25, 0.3) is 0 Å². The molecule has 0 aromatic carbocycles. The number of carbonyl (C=O) groups excluding carboxylic acids is 2. The van der Waals surface area contributed by atoms with E-state index < -0.39 is 5.60 Å². The van der Waals surface area contributed by atoms with Crippen molar-refractivity contribution in [2.75, 3.05) is 0 Å². The number of ether oxygens (including phenoxy) is 1. The molecule has 0 saturated heterocycles. The quantitative estimate of drug-likeness (QED) is 0.561. The molecule has 4 aliphatic rings. The van der Waals surface area contributed by atoms with Gasteiger partial charge in [0.25, 0.3) is 0 Å². The molecule has 0 amide bonds. The number of fused-ring (bicyclic) bond motifs is 5. The summed E-state index contributed by atoms with van der Waals surface area (Å²) in [5, 5.41) is 11.5. The fraction of sp³-hybridized carbons (Fsp3) is 0.833. The van der Waals surface area contributed by atoms with Crippen LogP contribution in [0.4, 0.5) is 0 Å². The topological polar surface area (TPSA) is 63.6 Å². The van der Waals surface area contributed by atoms with Crippen molar-refractivity contribution in [3.63, 3.8) is 0 Å². The van der Waals surface area contributed by atoms with E-state index in [1.165, 1.54) is 12.5 Å². The summed E-state index contributed by atoms with van der Waals surface area (Å²) in [6.45, 7) is 9.73. The van der Waals surface area contributed by atoms with Crippen LogP contribution in [0.2, 0.25) is 0 Å². The fourth-order valence-corrected chi connectivity index (χ4v) is 8.05. The van der Waals surface area contributed by atoms with Crippen molar-refractivity contribution in [1.82, 2.24) is 0 Å². The Labute approximate surface area is 169 Å². The zero-order chi connectivity index (χ0) is 20.5. The minimum atomic E-state index is -1.18. The average Bonchev–Trinajstić information content (AvgIpc) is 2.83. The van der Waals surface area contributed by atoms with Crippen molar-refractivity contribution in [3.05, 3.63) is 11.6 Å². The summed E-state index contributed by atoms with van der Waals surface area (Å²) in [7, 11) is 0. The van der Waals surface area contributed by atoms with E-state index in [1.54, 1.807) is 6.92 Å². The SMILES string of the molecule is CC(=O)O[C@@H]1CC[C@@]2(C)C(=CC[C@@H]3[C@@H]2CC[C@@]2(C)[C@H]3C[C@@H](C)[C@]2(O)C(C)=O)C1. The lowest BCUT2D eigenvalue weighted by Gasteiger charge is -2.58. The van der Waals surface area contributed by atoms with Crippen LogP contribution in [0.3, 0.4) is 0 Å². The second-order valence-corrected chi connectivity index (χ2v) is 10.6. The van der Waals surface area contributed by atoms with Gasteiger partial charge in [0.05, 0.1) is 0 Å². The van der Waals surface area contributed by atoms with Gasteiger partial charge in [0.1, 0.15) is 11.7 Å². The van der Waals surface area contributed by atoms with Crippen LogP contribution < -0.4 is 0 Å². The third-order valence-corrected chi connectivity index (χ3v) is 9.51. The summed E-state index contributed by atoms with van der Waals surface area (Å²) >= 11 is 0. The molecule has 0 aromatic rings. The maximum Gasteiger partial charge on any atom is 0.302 e. The first kappa shape index (κ1) is 20.1. The maximum absolute atomic E-state index is 12.5. The van der Waals surface area contributed by atoms with Crippen molar-refractivity contribution >= 4 is 11.8 Å². The Balaban J connectivity index is 1.64. The van der Waals surface area contributed by atoms with Gasteiger partial charge in [0.15, 0.2) is 5.78 Å². The molecule has 0 aliphatic heterocycles. The number of esters is 1. The van der Waals surface area contributed by atoms with Crippen molar-refractivity contribution in [2.45, 2.75) is 91.3 Å². The normalized spacial score (nSPS) is 50.1. The number of Topliss-reactive ketones (excluding diaryl/α,β-unsaturated/α-hetero) is 1. The van der Waals surface area contributed by atoms with Crippen molar-refractivity contribution in [2.24, 2.45) is 34.5 Å². The van der Waals surface area contributed by atoms with E-state index in [4.69, 9.17) is 4.74 Å². The van der Waals surface area contributed by atoms with Crippen LogP contribution in [-0.4, -0.2) is 28.6 Å². The monoisotopic (exact) mass is 388 g/mol. The number of carbonyl (C=O) groups is 2. The second kappa shape index (κ2) is 6.42. The summed E-state index contributed by atoms with van der Waals surface area (Å²) in [5.74, 6) is 1.33. The van der Waals surface area contributed by atoms with Crippen molar-refractivity contribution < 1.29 is 19.4 Å². The zero-order valence-electron chi connectivity index (χ0n) is 18.1. The van der Waals surface area contributed by atoms with Gasteiger partial charge < -0.3 is 9.84 Å².